The molecule has 0 aromatic carbocycles. The van der Waals surface area contributed by atoms with Crippen molar-refractivity contribution < 1.29 is 14.3 Å². The van der Waals surface area contributed by atoms with Crippen molar-refractivity contribution in [2.45, 2.75) is 37.8 Å². The zero-order valence-corrected chi connectivity index (χ0v) is 11.1. The molecule has 0 aromatic rings. The van der Waals surface area contributed by atoms with Crippen molar-refractivity contribution in [1.82, 2.24) is 15.5 Å². The zero-order valence-electron chi connectivity index (χ0n) is 11.1. The van der Waals surface area contributed by atoms with E-state index in [-0.39, 0.29) is 24.0 Å². The van der Waals surface area contributed by atoms with Gasteiger partial charge in [-0.3, -0.25) is 4.79 Å². The molecule has 2 heterocycles. The van der Waals surface area contributed by atoms with E-state index in [4.69, 9.17) is 4.74 Å². The summed E-state index contributed by atoms with van der Waals surface area (Å²) in [5.74, 6) is 0.674. The third-order valence-corrected chi connectivity index (χ3v) is 4.18. The van der Waals surface area contributed by atoms with E-state index in [0.717, 1.165) is 19.3 Å². The zero-order chi connectivity index (χ0) is 13.2. The van der Waals surface area contributed by atoms with E-state index < -0.39 is 0 Å². The van der Waals surface area contributed by atoms with Gasteiger partial charge in [0.2, 0.25) is 5.91 Å². The molecule has 2 N–H and O–H groups in total. The smallest absolute Gasteiger partial charge is 0.317 e. The van der Waals surface area contributed by atoms with Gasteiger partial charge in [-0.1, -0.05) is 0 Å². The van der Waals surface area contributed by atoms with Crippen molar-refractivity contribution in [3.63, 3.8) is 0 Å². The molecule has 3 fully saturated rings. The van der Waals surface area contributed by atoms with Crippen LogP contribution in [-0.4, -0.2) is 55.2 Å². The minimum atomic E-state index is -0.0184. The number of ether oxygens (including phenoxy) is 1. The van der Waals surface area contributed by atoms with Crippen molar-refractivity contribution >= 4 is 11.9 Å². The van der Waals surface area contributed by atoms with Gasteiger partial charge in [0.05, 0.1) is 25.3 Å². The summed E-state index contributed by atoms with van der Waals surface area (Å²) in [5.41, 5.74) is 0. The Morgan fingerprint density at radius 1 is 1.26 bits per heavy atom. The summed E-state index contributed by atoms with van der Waals surface area (Å²) < 4.78 is 5.24. The van der Waals surface area contributed by atoms with Crippen molar-refractivity contribution in [2.75, 3.05) is 26.3 Å². The van der Waals surface area contributed by atoms with Gasteiger partial charge < -0.3 is 20.3 Å². The summed E-state index contributed by atoms with van der Waals surface area (Å²) >= 11 is 0. The molecule has 6 heteroatoms. The molecular weight excluding hydrogens is 246 g/mol. The first-order valence-corrected chi connectivity index (χ1v) is 7.16. The van der Waals surface area contributed by atoms with Gasteiger partial charge in [0.25, 0.3) is 0 Å². The van der Waals surface area contributed by atoms with Crippen LogP contribution in [0, 0.1) is 5.92 Å². The first kappa shape index (κ1) is 12.7. The van der Waals surface area contributed by atoms with E-state index in [0.29, 0.717) is 38.6 Å². The molecule has 0 unspecified atom stereocenters. The lowest BCUT2D eigenvalue weighted by Gasteiger charge is -2.35. The van der Waals surface area contributed by atoms with Gasteiger partial charge in [0.15, 0.2) is 0 Å². The fourth-order valence-corrected chi connectivity index (χ4v) is 2.90. The minimum Gasteiger partial charge on any atom is -0.378 e. The highest BCUT2D eigenvalue weighted by Crippen LogP contribution is 2.36. The maximum Gasteiger partial charge on any atom is 0.317 e. The quantitative estimate of drug-likeness (QED) is 0.744. The molecule has 0 aromatic heterocycles. The molecule has 0 bridgehead atoms. The second-order valence-electron chi connectivity index (χ2n) is 5.62. The van der Waals surface area contributed by atoms with Crippen LogP contribution in [-0.2, 0) is 9.53 Å². The Labute approximate surface area is 112 Å². The second-order valence-corrected chi connectivity index (χ2v) is 5.62. The van der Waals surface area contributed by atoms with Crippen molar-refractivity contribution in [3.8, 4) is 0 Å². The molecule has 2 atom stereocenters. The normalized spacial score (nSPS) is 31.8. The van der Waals surface area contributed by atoms with Crippen LogP contribution in [0.25, 0.3) is 0 Å². The molecule has 0 radical (unpaired) electrons. The number of carbonyl (C=O) groups excluding carboxylic acids is 2. The van der Waals surface area contributed by atoms with Crippen LogP contribution in [0.15, 0.2) is 0 Å². The van der Waals surface area contributed by atoms with Gasteiger partial charge >= 0.3 is 6.03 Å². The number of piperidine rings is 1. The maximum atomic E-state index is 12.2. The number of carbonyl (C=O) groups is 2. The Balaban J connectivity index is 1.57. The summed E-state index contributed by atoms with van der Waals surface area (Å²) in [5, 5.41) is 6.14. The van der Waals surface area contributed by atoms with Gasteiger partial charge in [-0.05, 0) is 25.2 Å². The summed E-state index contributed by atoms with van der Waals surface area (Å²) in [6, 6.07) is 0.196. The number of rotatable bonds is 2. The van der Waals surface area contributed by atoms with E-state index in [1.54, 1.807) is 4.90 Å². The summed E-state index contributed by atoms with van der Waals surface area (Å²) in [6.07, 6.45) is 3.59. The van der Waals surface area contributed by atoms with Crippen LogP contribution in [0.3, 0.4) is 0 Å². The van der Waals surface area contributed by atoms with Crippen molar-refractivity contribution in [1.29, 1.82) is 0 Å². The number of nitrogens with zero attached hydrogens (tertiary/aromatic N) is 1. The fourth-order valence-electron chi connectivity index (χ4n) is 2.90. The molecular formula is C13H21N3O3. The van der Waals surface area contributed by atoms with Gasteiger partial charge in [-0.15, -0.1) is 0 Å². The van der Waals surface area contributed by atoms with Crippen LogP contribution in [0.1, 0.15) is 25.7 Å². The Kier molecular flexibility index (Phi) is 3.59. The SMILES string of the molecule is O=C1CC[C@@H](NC(=O)N2CCOCC2)[C@@H](C2CC2)N1. The monoisotopic (exact) mass is 267 g/mol. The van der Waals surface area contributed by atoms with E-state index in [1.165, 1.54) is 0 Å². The molecule has 106 valence electrons. The van der Waals surface area contributed by atoms with E-state index in [1.807, 2.05) is 0 Å². The fraction of sp³-hybridized carbons (Fsp3) is 0.846. The Morgan fingerprint density at radius 3 is 2.68 bits per heavy atom. The molecule has 3 amide bonds. The van der Waals surface area contributed by atoms with Crippen LogP contribution in [0.2, 0.25) is 0 Å². The van der Waals surface area contributed by atoms with Crippen LogP contribution in [0.5, 0.6) is 0 Å². The highest BCUT2D eigenvalue weighted by atomic mass is 16.5. The Bertz CT molecular complexity index is 364. The number of hydrogen-bond acceptors (Lipinski definition) is 3. The van der Waals surface area contributed by atoms with Crippen LogP contribution < -0.4 is 10.6 Å². The number of morpholine rings is 1. The molecule has 3 aliphatic rings. The molecule has 2 saturated heterocycles. The lowest BCUT2D eigenvalue weighted by Crippen LogP contribution is -2.59. The summed E-state index contributed by atoms with van der Waals surface area (Å²) in [7, 11) is 0. The maximum absolute atomic E-state index is 12.2. The molecule has 3 rings (SSSR count). The average molecular weight is 267 g/mol. The van der Waals surface area contributed by atoms with Gasteiger partial charge in [0.1, 0.15) is 0 Å². The average Bonchev–Trinajstić information content (AvgIpc) is 3.26. The Hall–Kier alpha value is -1.30. The highest BCUT2D eigenvalue weighted by Gasteiger charge is 2.41. The standard InChI is InChI=1S/C13H21N3O3/c17-11-4-3-10(12(15-11)9-1-2-9)14-13(18)16-5-7-19-8-6-16/h9-10,12H,1-8H2,(H,14,18)(H,15,17)/t10-,12-/m1/s1. The molecule has 2 aliphatic heterocycles. The highest BCUT2D eigenvalue weighted by molar-refractivity contribution is 5.79. The molecule has 19 heavy (non-hydrogen) atoms. The molecule has 1 saturated carbocycles. The van der Waals surface area contributed by atoms with E-state index >= 15 is 0 Å². The van der Waals surface area contributed by atoms with Crippen molar-refractivity contribution in [2.24, 2.45) is 5.92 Å². The summed E-state index contributed by atoms with van der Waals surface area (Å²) in [4.78, 5) is 25.5. The molecule has 1 aliphatic carbocycles. The number of urea groups is 1. The second kappa shape index (κ2) is 5.36. The third-order valence-electron chi connectivity index (χ3n) is 4.18. The lowest BCUT2D eigenvalue weighted by molar-refractivity contribution is -0.124. The van der Waals surface area contributed by atoms with Crippen LogP contribution in [0.4, 0.5) is 4.79 Å². The number of amides is 3. The van der Waals surface area contributed by atoms with Crippen molar-refractivity contribution in [3.05, 3.63) is 0 Å². The number of nitrogens with one attached hydrogen (secondary N) is 2. The predicted octanol–water partition coefficient (Wildman–Crippen LogP) is 0.0854. The van der Waals surface area contributed by atoms with Gasteiger partial charge in [-0.25, -0.2) is 4.79 Å². The Morgan fingerprint density at radius 2 is 2.00 bits per heavy atom. The topological polar surface area (TPSA) is 70.7 Å². The van der Waals surface area contributed by atoms with Crippen LogP contribution >= 0.6 is 0 Å². The predicted molar refractivity (Wildman–Crippen MR) is 68.6 cm³/mol. The third kappa shape index (κ3) is 3.00. The lowest BCUT2D eigenvalue weighted by atomic mass is 9.94. The summed E-state index contributed by atoms with van der Waals surface area (Å²) in [6.45, 7) is 2.53. The first-order valence-electron chi connectivity index (χ1n) is 7.16. The minimum absolute atomic E-state index is 0.0184. The molecule has 6 nitrogen and oxygen atoms in total. The molecule has 0 spiro atoms. The largest absolute Gasteiger partial charge is 0.378 e. The van der Waals surface area contributed by atoms with E-state index in [9.17, 15) is 9.59 Å². The van der Waals surface area contributed by atoms with E-state index in [2.05, 4.69) is 10.6 Å². The first-order chi connectivity index (χ1) is 9.24. The van der Waals surface area contributed by atoms with Gasteiger partial charge in [-0.2, -0.15) is 0 Å². The number of hydrogen-bond donors (Lipinski definition) is 2. The van der Waals surface area contributed by atoms with Gasteiger partial charge in [0, 0.05) is 19.5 Å².